The first-order chi connectivity index (χ1) is 8.94. The standard InChI is InChI=1S/C13H18BrNO3S/c1-19(16,17)7-6-18-13-5-2-11(14)8-10(13)9-15-12-3-4-12/h2,5,8,12,15H,3-4,6-7,9H2,1H3. The van der Waals surface area contributed by atoms with Crippen molar-refractivity contribution in [3.8, 4) is 5.75 Å². The highest BCUT2D eigenvalue weighted by Crippen LogP contribution is 2.25. The number of halogens is 1. The van der Waals surface area contributed by atoms with E-state index in [0.717, 1.165) is 22.3 Å². The molecule has 1 fully saturated rings. The van der Waals surface area contributed by atoms with Crippen LogP contribution in [0.25, 0.3) is 0 Å². The summed E-state index contributed by atoms with van der Waals surface area (Å²) in [5.74, 6) is 0.790. The minimum atomic E-state index is -2.98. The van der Waals surface area contributed by atoms with Gasteiger partial charge in [0.25, 0.3) is 0 Å². The van der Waals surface area contributed by atoms with Gasteiger partial charge in [0, 0.05) is 28.9 Å². The Morgan fingerprint density at radius 3 is 2.79 bits per heavy atom. The van der Waals surface area contributed by atoms with Gasteiger partial charge < -0.3 is 10.1 Å². The summed E-state index contributed by atoms with van der Waals surface area (Å²) in [6.07, 6.45) is 3.68. The Bertz CT molecular complexity index is 541. The van der Waals surface area contributed by atoms with E-state index in [1.54, 1.807) is 0 Å². The molecule has 0 radical (unpaired) electrons. The average molecular weight is 348 g/mol. The second kappa shape index (κ2) is 6.24. The summed E-state index contributed by atoms with van der Waals surface area (Å²) in [5.41, 5.74) is 1.05. The molecule has 0 spiro atoms. The van der Waals surface area contributed by atoms with Gasteiger partial charge in [-0.2, -0.15) is 0 Å². The van der Waals surface area contributed by atoms with Crippen molar-refractivity contribution in [2.75, 3.05) is 18.6 Å². The minimum absolute atomic E-state index is 0.0402. The number of ether oxygens (including phenoxy) is 1. The van der Waals surface area contributed by atoms with Crippen LogP contribution >= 0.6 is 15.9 Å². The van der Waals surface area contributed by atoms with E-state index >= 15 is 0 Å². The van der Waals surface area contributed by atoms with Gasteiger partial charge in [0.15, 0.2) is 9.84 Å². The fourth-order valence-electron chi connectivity index (χ4n) is 1.67. The zero-order valence-corrected chi connectivity index (χ0v) is 13.3. The van der Waals surface area contributed by atoms with Gasteiger partial charge >= 0.3 is 0 Å². The molecule has 0 atom stereocenters. The van der Waals surface area contributed by atoms with Crippen molar-refractivity contribution >= 4 is 25.8 Å². The van der Waals surface area contributed by atoms with Crippen LogP contribution in [0.3, 0.4) is 0 Å². The Morgan fingerprint density at radius 2 is 2.16 bits per heavy atom. The van der Waals surface area contributed by atoms with Crippen LogP contribution in [0.15, 0.2) is 22.7 Å². The molecule has 1 saturated carbocycles. The first kappa shape index (κ1) is 14.8. The van der Waals surface area contributed by atoms with Crippen molar-refractivity contribution in [2.24, 2.45) is 0 Å². The molecule has 0 aromatic heterocycles. The molecule has 2 rings (SSSR count). The van der Waals surface area contributed by atoms with Crippen LogP contribution in [0.1, 0.15) is 18.4 Å². The number of hydrogen-bond acceptors (Lipinski definition) is 4. The Labute approximate surface area is 122 Å². The lowest BCUT2D eigenvalue weighted by atomic mass is 10.2. The predicted molar refractivity (Wildman–Crippen MR) is 79.2 cm³/mol. The number of sulfone groups is 1. The Balaban J connectivity index is 1.96. The number of hydrogen-bond donors (Lipinski definition) is 1. The molecule has 4 nitrogen and oxygen atoms in total. The molecule has 0 unspecified atom stereocenters. The van der Waals surface area contributed by atoms with Crippen molar-refractivity contribution in [3.63, 3.8) is 0 Å². The van der Waals surface area contributed by atoms with Gasteiger partial charge in [-0.15, -0.1) is 0 Å². The molecule has 1 aromatic rings. The first-order valence-corrected chi connectivity index (χ1v) is 9.12. The zero-order chi connectivity index (χ0) is 13.9. The van der Waals surface area contributed by atoms with Crippen LogP contribution < -0.4 is 10.1 Å². The minimum Gasteiger partial charge on any atom is -0.492 e. The van der Waals surface area contributed by atoms with Crippen LogP contribution in [0.2, 0.25) is 0 Å². The van der Waals surface area contributed by atoms with Crippen molar-refractivity contribution in [1.82, 2.24) is 5.32 Å². The normalized spacial score (nSPS) is 15.5. The van der Waals surface area contributed by atoms with Gasteiger partial charge in [0.2, 0.25) is 0 Å². The Hall–Kier alpha value is -0.590. The summed E-state index contributed by atoms with van der Waals surface area (Å²) in [6, 6.07) is 6.40. The molecule has 0 heterocycles. The van der Waals surface area contributed by atoms with E-state index < -0.39 is 9.84 Å². The lowest BCUT2D eigenvalue weighted by Gasteiger charge is -2.12. The fraction of sp³-hybridized carbons (Fsp3) is 0.538. The monoisotopic (exact) mass is 347 g/mol. The maximum absolute atomic E-state index is 11.1. The molecule has 1 N–H and O–H groups in total. The van der Waals surface area contributed by atoms with Crippen LogP contribution in [-0.4, -0.2) is 33.1 Å². The van der Waals surface area contributed by atoms with Crippen LogP contribution in [0, 0.1) is 0 Å². The van der Waals surface area contributed by atoms with Crippen LogP contribution in [-0.2, 0) is 16.4 Å². The quantitative estimate of drug-likeness (QED) is 0.820. The van der Waals surface area contributed by atoms with Gasteiger partial charge in [-0.05, 0) is 31.0 Å². The molecule has 106 valence electrons. The third-order valence-electron chi connectivity index (χ3n) is 2.89. The highest BCUT2D eigenvalue weighted by atomic mass is 79.9. The van der Waals surface area contributed by atoms with Gasteiger partial charge in [-0.1, -0.05) is 15.9 Å². The van der Waals surface area contributed by atoms with Gasteiger partial charge in [0.1, 0.15) is 12.4 Å². The van der Waals surface area contributed by atoms with Crippen molar-refractivity contribution in [2.45, 2.75) is 25.4 Å². The topological polar surface area (TPSA) is 55.4 Å². The van der Waals surface area contributed by atoms with Crippen molar-refractivity contribution < 1.29 is 13.2 Å². The summed E-state index contributed by atoms with van der Waals surface area (Å²) < 4.78 is 28.7. The fourth-order valence-corrected chi connectivity index (χ4v) is 2.47. The number of benzene rings is 1. The highest BCUT2D eigenvalue weighted by molar-refractivity contribution is 9.10. The third kappa shape index (κ3) is 5.50. The first-order valence-electron chi connectivity index (χ1n) is 6.26. The van der Waals surface area contributed by atoms with Crippen LogP contribution in [0.4, 0.5) is 0 Å². The Kier molecular flexibility index (Phi) is 4.86. The molecule has 1 aliphatic carbocycles. The van der Waals surface area contributed by atoms with E-state index in [1.165, 1.54) is 19.1 Å². The average Bonchev–Trinajstić information content (AvgIpc) is 3.11. The summed E-state index contributed by atoms with van der Waals surface area (Å²) in [7, 11) is -2.98. The second-order valence-electron chi connectivity index (χ2n) is 4.89. The smallest absolute Gasteiger partial charge is 0.150 e. The lowest BCUT2D eigenvalue weighted by Crippen LogP contribution is -2.17. The molecule has 0 saturated heterocycles. The highest BCUT2D eigenvalue weighted by Gasteiger charge is 2.20. The van der Waals surface area contributed by atoms with E-state index in [4.69, 9.17) is 4.74 Å². The van der Waals surface area contributed by atoms with Crippen LogP contribution in [0.5, 0.6) is 5.75 Å². The zero-order valence-electron chi connectivity index (χ0n) is 10.9. The summed E-state index contributed by atoms with van der Waals surface area (Å²) >= 11 is 3.44. The molecular weight excluding hydrogens is 330 g/mol. The van der Waals surface area contributed by atoms with E-state index in [0.29, 0.717) is 6.04 Å². The van der Waals surface area contributed by atoms with E-state index in [9.17, 15) is 8.42 Å². The molecule has 1 aliphatic rings. The molecule has 6 heteroatoms. The molecule has 0 bridgehead atoms. The predicted octanol–water partition coefficient (Wildman–Crippen LogP) is 2.12. The van der Waals surface area contributed by atoms with Crippen molar-refractivity contribution in [1.29, 1.82) is 0 Å². The van der Waals surface area contributed by atoms with Gasteiger partial charge in [-0.3, -0.25) is 0 Å². The number of rotatable bonds is 7. The van der Waals surface area contributed by atoms with E-state index in [1.807, 2.05) is 18.2 Å². The molecule has 0 amide bonds. The molecule has 19 heavy (non-hydrogen) atoms. The molecule has 1 aromatic carbocycles. The van der Waals surface area contributed by atoms with E-state index in [-0.39, 0.29) is 12.4 Å². The SMILES string of the molecule is CS(=O)(=O)CCOc1ccc(Br)cc1CNC1CC1. The number of nitrogens with one attached hydrogen (secondary N) is 1. The lowest BCUT2D eigenvalue weighted by molar-refractivity contribution is 0.336. The van der Waals surface area contributed by atoms with Gasteiger partial charge in [0.05, 0.1) is 5.75 Å². The Morgan fingerprint density at radius 1 is 1.42 bits per heavy atom. The maximum Gasteiger partial charge on any atom is 0.150 e. The van der Waals surface area contributed by atoms with E-state index in [2.05, 4.69) is 21.2 Å². The summed E-state index contributed by atoms with van der Waals surface area (Å²) in [5, 5.41) is 3.43. The molecular formula is C13H18BrNO3S. The maximum atomic E-state index is 11.1. The third-order valence-corrected chi connectivity index (χ3v) is 4.29. The molecule has 0 aliphatic heterocycles. The van der Waals surface area contributed by atoms with Gasteiger partial charge in [-0.25, -0.2) is 8.42 Å². The second-order valence-corrected chi connectivity index (χ2v) is 8.06. The summed E-state index contributed by atoms with van der Waals surface area (Å²) in [4.78, 5) is 0. The summed E-state index contributed by atoms with van der Waals surface area (Å²) in [6.45, 7) is 0.940. The largest absolute Gasteiger partial charge is 0.492 e. The van der Waals surface area contributed by atoms with Crippen molar-refractivity contribution in [3.05, 3.63) is 28.2 Å².